The van der Waals surface area contributed by atoms with Gasteiger partial charge in [-0.3, -0.25) is 4.98 Å². The van der Waals surface area contributed by atoms with Crippen LogP contribution in [-0.2, 0) is 13.0 Å². The number of hydrogen-bond acceptors (Lipinski definition) is 3. The van der Waals surface area contributed by atoms with Crippen LogP contribution in [0, 0.1) is 6.92 Å². The molecule has 0 saturated carbocycles. The van der Waals surface area contributed by atoms with Gasteiger partial charge in [0.1, 0.15) is 0 Å². The topological polar surface area (TPSA) is 53.4 Å². The van der Waals surface area contributed by atoms with Crippen LogP contribution in [0.5, 0.6) is 0 Å². The highest BCUT2D eigenvalue weighted by Gasteiger charge is 2.22. The van der Waals surface area contributed by atoms with Gasteiger partial charge in [-0.2, -0.15) is 0 Å². The van der Waals surface area contributed by atoms with Crippen LogP contribution in [0.15, 0.2) is 36.5 Å². The summed E-state index contributed by atoms with van der Waals surface area (Å²) in [6.07, 6.45) is 3.67. The van der Waals surface area contributed by atoms with E-state index < -0.39 is 5.97 Å². The molecule has 1 aromatic heterocycles. The minimum absolute atomic E-state index is 0.425. The van der Waals surface area contributed by atoms with Gasteiger partial charge in [0.15, 0.2) is 0 Å². The summed E-state index contributed by atoms with van der Waals surface area (Å²) in [4.78, 5) is 18.0. The van der Waals surface area contributed by atoms with Crippen LogP contribution >= 0.6 is 0 Å². The molecule has 1 aliphatic rings. The Morgan fingerprint density at radius 1 is 1.33 bits per heavy atom. The van der Waals surface area contributed by atoms with Crippen molar-refractivity contribution in [3.05, 3.63) is 58.9 Å². The number of aromatic carboxylic acids is 1. The number of carboxylic acid groups (broad SMARTS) is 1. The summed E-state index contributed by atoms with van der Waals surface area (Å²) >= 11 is 0. The monoisotopic (exact) mass is 282 g/mol. The number of nitrogens with zero attached hydrogens (tertiary/aromatic N) is 2. The number of rotatable bonds is 3. The molecule has 4 heteroatoms. The second-order valence-electron chi connectivity index (χ2n) is 5.46. The van der Waals surface area contributed by atoms with E-state index in [0.29, 0.717) is 5.56 Å². The summed E-state index contributed by atoms with van der Waals surface area (Å²) in [5, 5.41) is 9.32. The van der Waals surface area contributed by atoms with Crippen molar-refractivity contribution in [3.63, 3.8) is 0 Å². The minimum Gasteiger partial charge on any atom is -0.478 e. The number of pyridine rings is 1. The van der Waals surface area contributed by atoms with Gasteiger partial charge in [-0.25, -0.2) is 4.79 Å². The van der Waals surface area contributed by atoms with Crippen LogP contribution in [0.4, 0.5) is 5.69 Å². The zero-order valence-electron chi connectivity index (χ0n) is 12.0. The van der Waals surface area contributed by atoms with Crippen LogP contribution in [-0.4, -0.2) is 22.6 Å². The Labute approximate surface area is 124 Å². The maximum absolute atomic E-state index is 11.3. The standard InChI is InChI=1S/C17H18N2O2/c1-12-7-8-13(18-10-12)11-19-9-3-5-14-15(17(20)21)4-2-6-16(14)19/h2,4,6-8,10H,3,5,9,11H2,1H3,(H,20,21). The van der Waals surface area contributed by atoms with Gasteiger partial charge in [-0.15, -0.1) is 0 Å². The highest BCUT2D eigenvalue weighted by Crippen LogP contribution is 2.30. The lowest BCUT2D eigenvalue weighted by Crippen LogP contribution is -2.30. The molecule has 1 aromatic carbocycles. The molecule has 108 valence electrons. The predicted octanol–water partition coefficient (Wildman–Crippen LogP) is 3.04. The molecule has 0 fully saturated rings. The molecule has 0 saturated heterocycles. The van der Waals surface area contributed by atoms with E-state index >= 15 is 0 Å². The lowest BCUT2D eigenvalue weighted by Gasteiger charge is -2.31. The normalized spacial score (nSPS) is 13.9. The van der Waals surface area contributed by atoms with Crippen molar-refractivity contribution in [2.75, 3.05) is 11.4 Å². The molecule has 0 spiro atoms. The maximum atomic E-state index is 11.3. The second-order valence-corrected chi connectivity index (χ2v) is 5.46. The predicted molar refractivity (Wildman–Crippen MR) is 81.7 cm³/mol. The second kappa shape index (κ2) is 5.56. The molecule has 0 radical (unpaired) electrons. The number of fused-ring (bicyclic) bond motifs is 1. The first-order valence-corrected chi connectivity index (χ1v) is 7.17. The first-order valence-electron chi connectivity index (χ1n) is 7.17. The van der Waals surface area contributed by atoms with Crippen LogP contribution in [0.1, 0.15) is 33.6 Å². The highest BCUT2D eigenvalue weighted by atomic mass is 16.4. The summed E-state index contributed by atoms with van der Waals surface area (Å²) in [7, 11) is 0. The summed E-state index contributed by atoms with van der Waals surface area (Å²) in [5.41, 5.74) is 4.56. The van der Waals surface area contributed by atoms with E-state index in [0.717, 1.165) is 48.4 Å². The highest BCUT2D eigenvalue weighted by molar-refractivity contribution is 5.91. The van der Waals surface area contributed by atoms with Crippen LogP contribution in [0.2, 0.25) is 0 Å². The third kappa shape index (κ3) is 2.75. The average Bonchev–Trinajstić information content (AvgIpc) is 2.49. The van der Waals surface area contributed by atoms with Gasteiger partial charge in [0.25, 0.3) is 0 Å². The maximum Gasteiger partial charge on any atom is 0.336 e. The summed E-state index contributed by atoms with van der Waals surface area (Å²) < 4.78 is 0. The quantitative estimate of drug-likeness (QED) is 0.940. The SMILES string of the molecule is Cc1ccc(CN2CCCc3c(C(=O)O)cccc32)nc1. The van der Waals surface area contributed by atoms with Crippen LogP contribution < -0.4 is 4.90 Å². The Balaban J connectivity index is 1.92. The fraction of sp³-hybridized carbons (Fsp3) is 0.294. The van der Waals surface area contributed by atoms with E-state index in [1.54, 1.807) is 6.07 Å². The zero-order chi connectivity index (χ0) is 14.8. The molecule has 21 heavy (non-hydrogen) atoms. The van der Waals surface area contributed by atoms with E-state index in [9.17, 15) is 9.90 Å². The van der Waals surface area contributed by atoms with Crippen molar-refractivity contribution < 1.29 is 9.90 Å². The summed E-state index contributed by atoms with van der Waals surface area (Å²) in [5.74, 6) is -0.845. The molecule has 3 rings (SSSR count). The molecular formula is C17H18N2O2. The van der Waals surface area contributed by atoms with E-state index in [-0.39, 0.29) is 0 Å². The molecule has 1 aliphatic heterocycles. The smallest absolute Gasteiger partial charge is 0.336 e. The molecule has 0 bridgehead atoms. The van der Waals surface area contributed by atoms with Crippen molar-refractivity contribution >= 4 is 11.7 Å². The molecular weight excluding hydrogens is 264 g/mol. The van der Waals surface area contributed by atoms with Gasteiger partial charge < -0.3 is 10.0 Å². The molecule has 2 heterocycles. The third-order valence-electron chi connectivity index (χ3n) is 3.90. The Morgan fingerprint density at radius 2 is 2.19 bits per heavy atom. The first-order chi connectivity index (χ1) is 10.1. The molecule has 1 N–H and O–H groups in total. The number of hydrogen-bond donors (Lipinski definition) is 1. The molecule has 0 atom stereocenters. The van der Waals surface area contributed by atoms with Gasteiger partial charge in [-0.05, 0) is 49.1 Å². The van der Waals surface area contributed by atoms with Gasteiger partial charge >= 0.3 is 5.97 Å². The van der Waals surface area contributed by atoms with Crippen molar-refractivity contribution in [2.24, 2.45) is 0 Å². The van der Waals surface area contributed by atoms with Gasteiger partial charge in [0.2, 0.25) is 0 Å². The molecule has 0 amide bonds. The number of carboxylic acids is 1. The summed E-state index contributed by atoms with van der Waals surface area (Å²) in [6, 6.07) is 9.61. The fourth-order valence-corrected chi connectivity index (χ4v) is 2.85. The molecule has 0 aliphatic carbocycles. The van der Waals surface area contributed by atoms with E-state index in [1.807, 2.05) is 31.3 Å². The molecule has 4 nitrogen and oxygen atoms in total. The van der Waals surface area contributed by atoms with Gasteiger partial charge in [-0.1, -0.05) is 12.1 Å². The van der Waals surface area contributed by atoms with Crippen molar-refractivity contribution in [2.45, 2.75) is 26.3 Å². The van der Waals surface area contributed by atoms with Crippen LogP contribution in [0.25, 0.3) is 0 Å². The first kappa shape index (κ1) is 13.6. The van der Waals surface area contributed by atoms with E-state index in [2.05, 4.69) is 16.0 Å². The Kier molecular flexibility index (Phi) is 3.60. The number of anilines is 1. The lowest BCUT2D eigenvalue weighted by molar-refractivity contribution is 0.0695. The minimum atomic E-state index is -0.845. The Morgan fingerprint density at radius 3 is 2.90 bits per heavy atom. The fourth-order valence-electron chi connectivity index (χ4n) is 2.85. The largest absolute Gasteiger partial charge is 0.478 e. The Hall–Kier alpha value is -2.36. The van der Waals surface area contributed by atoms with Crippen LogP contribution in [0.3, 0.4) is 0 Å². The third-order valence-corrected chi connectivity index (χ3v) is 3.90. The Bertz CT molecular complexity index is 665. The van der Waals surface area contributed by atoms with Crippen molar-refractivity contribution in [1.82, 2.24) is 4.98 Å². The van der Waals surface area contributed by atoms with E-state index in [4.69, 9.17) is 0 Å². The van der Waals surface area contributed by atoms with Crippen molar-refractivity contribution in [1.29, 1.82) is 0 Å². The van der Waals surface area contributed by atoms with E-state index in [1.165, 1.54) is 0 Å². The lowest BCUT2D eigenvalue weighted by atomic mass is 9.96. The van der Waals surface area contributed by atoms with Gasteiger partial charge in [0.05, 0.1) is 17.8 Å². The molecule has 2 aromatic rings. The number of carbonyl (C=O) groups is 1. The van der Waals surface area contributed by atoms with Crippen molar-refractivity contribution in [3.8, 4) is 0 Å². The zero-order valence-corrected chi connectivity index (χ0v) is 12.0. The number of aryl methyl sites for hydroxylation is 1. The summed E-state index contributed by atoms with van der Waals surface area (Å²) in [6.45, 7) is 3.67. The number of aromatic nitrogens is 1. The molecule has 0 unspecified atom stereocenters. The van der Waals surface area contributed by atoms with Gasteiger partial charge in [0, 0.05) is 18.4 Å². The number of benzene rings is 1. The average molecular weight is 282 g/mol.